The molecule has 0 bridgehead atoms. The third-order valence-corrected chi connectivity index (χ3v) is 5.04. The minimum atomic E-state index is -0.138. The van der Waals surface area contributed by atoms with Crippen LogP contribution in [0.3, 0.4) is 0 Å². The Kier molecular flexibility index (Phi) is 4.24. The smallest absolute Gasteiger partial charge is 0.229 e. The van der Waals surface area contributed by atoms with Crippen LogP contribution in [0.25, 0.3) is 0 Å². The molecule has 4 nitrogen and oxygen atoms in total. The van der Waals surface area contributed by atoms with Crippen LogP contribution in [0.4, 0.5) is 0 Å². The molecule has 1 N–H and O–H groups in total. The van der Waals surface area contributed by atoms with E-state index in [1.54, 1.807) is 0 Å². The predicted octanol–water partition coefficient (Wildman–Crippen LogP) is 2.35. The van der Waals surface area contributed by atoms with E-state index in [0.717, 1.165) is 51.7 Å². The molecule has 2 fully saturated rings. The molecule has 0 radical (unpaired) electrons. The summed E-state index contributed by atoms with van der Waals surface area (Å²) in [7, 11) is 0. The van der Waals surface area contributed by atoms with E-state index >= 15 is 0 Å². The molecule has 1 amide bonds. The number of carbonyl (C=O) groups is 1. The van der Waals surface area contributed by atoms with Crippen molar-refractivity contribution >= 4 is 5.91 Å². The van der Waals surface area contributed by atoms with Crippen LogP contribution in [0.1, 0.15) is 44.6 Å². The fourth-order valence-corrected chi connectivity index (χ4v) is 3.37. The molecule has 1 aliphatic heterocycles. The molecule has 1 aromatic rings. The molecular weight excluding hydrogens is 262 g/mol. The van der Waals surface area contributed by atoms with E-state index in [0.29, 0.717) is 11.9 Å². The highest BCUT2D eigenvalue weighted by molar-refractivity contribution is 5.83. The lowest BCUT2D eigenvalue weighted by Crippen LogP contribution is -2.49. The summed E-state index contributed by atoms with van der Waals surface area (Å²) >= 11 is 0. The van der Waals surface area contributed by atoms with Crippen molar-refractivity contribution in [3.63, 3.8) is 0 Å². The standard InChI is InChI=1S/C17H25N3O/c1-2-17(7-11-19-12-8-17)16(21)20(15-3-4-15)13-14-5-9-18-10-6-14/h5-6,9-10,15,19H,2-4,7-8,11-13H2,1H3. The molecule has 114 valence electrons. The zero-order chi connectivity index (χ0) is 14.7. The van der Waals surface area contributed by atoms with Crippen LogP contribution in [-0.4, -0.2) is 34.9 Å². The van der Waals surface area contributed by atoms with Crippen molar-refractivity contribution in [2.24, 2.45) is 5.41 Å². The summed E-state index contributed by atoms with van der Waals surface area (Å²) in [5, 5.41) is 3.38. The Morgan fingerprint density at radius 3 is 2.57 bits per heavy atom. The maximum absolute atomic E-state index is 13.2. The minimum Gasteiger partial charge on any atom is -0.335 e. The Balaban J connectivity index is 1.78. The Labute approximate surface area is 126 Å². The summed E-state index contributed by atoms with van der Waals surface area (Å²) in [5.74, 6) is 0.380. The Hall–Kier alpha value is -1.42. The number of carbonyl (C=O) groups excluding carboxylic acids is 1. The monoisotopic (exact) mass is 287 g/mol. The quantitative estimate of drug-likeness (QED) is 0.904. The van der Waals surface area contributed by atoms with E-state index in [1.807, 2.05) is 24.5 Å². The highest BCUT2D eigenvalue weighted by atomic mass is 16.2. The average molecular weight is 287 g/mol. The number of amides is 1. The van der Waals surface area contributed by atoms with Gasteiger partial charge in [0.25, 0.3) is 0 Å². The molecule has 2 heterocycles. The number of rotatable bonds is 5. The Morgan fingerprint density at radius 2 is 2.00 bits per heavy atom. The third-order valence-electron chi connectivity index (χ3n) is 5.04. The summed E-state index contributed by atoms with van der Waals surface area (Å²) in [6.07, 6.45) is 8.84. The molecule has 1 saturated carbocycles. The first-order valence-electron chi connectivity index (χ1n) is 8.16. The zero-order valence-corrected chi connectivity index (χ0v) is 12.8. The van der Waals surface area contributed by atoms with Crippen LogP contribution < -0.4 is 5.32 Å². The van der Waals surface area contributed by atoms with Crippen LogP contribution in [0.5, 0.6) is 0 Å². The van der Waals surface area contributed by atoms with Crippen molar-refractivity contribution in [2.45, 2.75) is 51.6 Å². The molecule has 3 rings (SSSR count). The fourth-order valence-electron chi connectivity index (χ4n) is 3.37. The van der Waals surface area contributed by atoms with Gasteiger partial charge in [0.15, 0.2) is 0 Å². The van der Waals surface area contributed by atoms with Crippen molar-refractivity contribution in [2.75, 3.05) is 13.1 Å². The number of nitrogens with zero attached hydrogens (tertiary/aromatic N) is 2. The van der Waals surface area contributed by atoms with Gasteiger partial charge in [-0.25, -0.2) is 0 Å². The zero-order valence-electron chi connectivity index (χ0n) is 12.8. The Morgan fingerprint density at radius 1 is 1.33 bits per heavy atom. The van der Waals surface area contributed by atoms with Gasteiger partial charge in [-0.2, -0.15) is 0 Å². The van der Waals surface area contributed by atoms with Crippen LogP contribution in [0.2, 0.25) is 0 Å². The normalized spacial score (nSPS) is 21.0. The van der Waals surface area contributed by atoms with Crippen LogP contribution in [0.15, 0.2) is 24.5 Å². The van der Waals surface area contributed by atoms with E-state index in [1.165, 1.54) is 5.56 Å². The second kappa shape index (κ2) is 6.14. The van der Waals surface area contributed by atoms with Gasteiger partial charge >= 0.3 is 0 Å². The maximum Gasteiger partial charge on any atom is 0.229 e. The largest absolute Gasteiger partial charge is 0.335 e. The van der Waals surface area contributed by atoms with Gasteiger partial charge in [0.05, 0.1) is 5.41 Å². The molecular formula is C17H25N3O. The second-order valence-corrected chi connectivity index (χ2v) is 6.40. The van der Waals surface area contributed by atoms with Gasteiger partial charge in [0.2, 0.25) is 5.91 Å². The lowest BCUT2D eigenvalue weighted by atomic mass is 9.75. The first kappa shape index (κ1) is 14.5. The molecule has 0 atom stereocenters. The topological polar surface area (TPSA) is 45.2 Å². The minimum absolute atomic E-state index is 0.138. The molecule has 2 aliphatic rings. The van der Waals surface area contributed by atoms with Gasteiger partial charge in [0, 0.05) is 25.0 Å². The van der Waals surface area contributed by atoms with Crippen LogP contribution in [0, 0.1) is 5.41 Å². The van der Waals surface area contributed by atoms with Gasteiger partial charge in [-0.05, 0) is 62.9 Å². The molecule has 1 aliphatic carbocycles. The number of nitrogens with one attached hydrogen (secondary N) is 1. The maximum atomic E-state index is 13.2. The second-order valence-electron chi connectivity index (χ2n) is 6.40. The first-order chi connectivity index (χ1) is 10.2. The SMILES string of the molecule is CCC1(C(=O)N(Cc2ccncc2)C2CC2)CCNCC1. The summed E-state index contributed by atoms with van der Waals surface area (Å²) in [6.45, 7) is 4.84. The summed E-state index contributed by atoms with van der Waals surface area (Å²) < 4.78 is 0. The lowest BCUT2D eigenvalue weighted by molar-refractivity contribution is -0.145. The first-order valence-corrected chi connectivity index (χ1v) is 8.16. The number of piperidine rings is 1. The van der Waals surface area contributed by atoms with Crippen molar-refractivity contribution in [1.29, 1.82) is 0 Å². The molecule has 0 unspecified atom stereocenters. The van der Waals surface area contributed by atoms with E-state index in [-0.39, 0.29) is 5.41 Å². The molecule has 1 aromatic heterocycles. The number of aromatic nitrogens is 1. The number of hydrogen-bond donors (Lipinski definition) is 1. The van der Waals surface area contributed by atoms with Gasteiger partial charge in [-0.15, -0.1) is 0 Å². The average Bonchev–Trinajstić information content (AvgIpc) is 3.38. The predicted molar refractivity (Wildman–Crippen MR) is 82.6 cm³/mol. The van der Waals surface area contributed by atoms with E-state index < -0.39 is 0 Å². The molecule has 1 saturated heterocycles. The highest BCUT2D eigenvalue weighted by Crippen LogP contribution is 2.39. The third kappa shape index (κ3) is 3.10. The lowest BCUT2D eigenvalue weighted by Gasteiger charge is -2.39. The molecule has 21 heavy (non-hydrogen) atoms. The van der Waals surface area contributed by atoms with Crippen molar-refractivity contribution in [1.82, 2.24) is 15.2 Å². The fraction of sp³-hybridized carbons (Fsp3) is 0.647. The van der Waals surface area contributed by atoms with Crippen molar-refractivity contribution < 1.29 is 4.79 Å². The summed E-state index contributed by atoms with van der Waals surface area (Å²) in [4.78, 5) is 19.4. The van der Waals surface area contributed by atoms with E-state index in [2.05, 4.69) is 22.1 Å². The molecule has 0 aromatic carbocycles. The molecule has 0 spiro atoms. The Bertz CT molecular complexity index is 478. The van der Waals surface area contributed by atoms with Gasteiger partial charge in [-0.1, -0.05) is 6.92 Å². The van der Waals surface area contributed by atoms with Gasteiger partial charge < -0.3 is 10.2 Å². The molecule has 4 heteroatoms. The number of pyridine rings is 1. The van der Waals surface area contributed by atoms with Crippen LogP contribution in [-0.2, 0) is 11.3 Å². The number of hydrogen-bond acceptors (Lipinski definition) is 3. The summed E-state index contributed by atoms with van der Waals surface area (Å²) in [6, 6.07) is 4.50. The van der Waals surface area contributed by atoms with Crippen molar-refractivity contribution in [3.05, 3.63) is 30.1 Å². The van der Waals surface area contributed by atoms with Crippen LogP contribution >= 0.6 is 0 Å². The van der Waals surface area contributed by atoms with Crippen molar-refractivity contribution in [3.8, 4) is 0 Å². The van der Waals surface area contributed by atoms with E-state index in [9.17, 15) is 4.79 Å². The van der Waals surface area contributed by atoms with Gasteiger partial charge in [0.1, 0.15) is 0 Å². The van der Waals surface area contributed by atoms with Gasteiger partial charge in [-0.3, -0.25) is 9.78 Å². The highest BCUT2D eigenvalue weighted by Gasteiger charge is 2.44. The van der Waals surface area contributed by atoms with E-state index in [4.69, 9.17) is 0 Å². The summed E-state index contributed by atoms with van der Waals surface area (Å²) in [5.41, 5.74) is 1.05.